The van der Waals surface area contributed by atoms with Crippen LogP contribution in [0.1, 0.15) is 36.0 Å². The summed E-state index contributed by atoms with van der Waals surface area (Å²) in [5.41, 5.74) is 1.55. The van der Waals surface area contributed by atoms with Crippen molar-refractivity contribution in [3.05, 3.63) is 23.8 Å². The number of aryl methyl sites for hydroxylation is 1. The second-order valence-corrected chi connectivity index (χ2v) is 5.68. The van der Waals surface area contributed by atoms with Crippen LogP contribution in [0.4, 0.5) is 0 Å². The number of hydrogen-bond acceptors (Lipinski definition) is 4. The van der Waals surface area contributed by atoms with Gasteiger partial charge in [0.05, 0.1) is 5.56 Å². The van der Waals surface area contributed by atoms with Crippen molar-refractivity contribution in [1.29, 1.82) is 0 Å². The van der Waals surface area contributed by atoms with Gasteiger partial charge in [0.15, 0.2) is 0 Å². The molecule has 6 heteroatoms. The zero-order chi connectivity index (χ0) is 14.4. The molecule has 0 fully saturated rings. The Balaban J connectivity index is 2.01. The number of unbranched alkanes of at least 4 members (excludes halogenated alkanes) is 3. The zero-order valence-electron chi connectivity index (χ0n) is 11.6. The molecule has 1 aromatic carbocycles. The van der Waals surface area contributed by atoms with E-state index in [1.807, 2.05) is 11.8 Å². The Morgan fingerprint density at radius 3 is 2.85 bits per heavy atom. The van der Waals surface area contributed by atoms with Crippen LogP contribution in [0.2, 0.25) is 0 Å². The highest BCUT2D eigenvalue weighted by atomic mass is 32.2. The molecule has 1 N–H and O–H groups in total. The fraction of sp³-hybridized carbons (Fsp3) is 0.500. The summed E-state index contributed by atoms with van der Waals surface area (Å²) in [7, 11) is 0. The van der Waals surface area contributed by atoms with E-state index in [0.29, 0.717) is 11.0 Å². The molecule has 2 aromatic rings. The monoisotopic (exact) mass is 293 g/mol. The summed E-state index contributed by atoms with van der Waals surface area (Å²) < 4.78 is 1.72. The Bertz CT molecular complexity index is 583. The maximum Gasteiger partial charge on any atom is 0.337 e. The molecule has 0 aliphatic rings. The van der Waals surface area contributed by atoms with E-state index >= 15 is 0 Å². The first kappa shape index (κ1) is 14.8. The fourth-order valence-corrected chi connectivity index (χ4v) is 2.71. The van der Waals surface area contributed by atoms with Gasteiger partial charge in [0.25, 0.3) is 0 Å². The minimum absolute atomic E-state index is 0.273. The van der Waals surface area contributed by atoms with E-state index in [9.17, 15) is 9.90 Å². The van der Waals surface area contributed by atoms with Gasteiger partial charge < -0.3 is 5.11 Å². The molecule has 0 unspecified atom stereocenters. The summed E-state index contributed by atoms with van der Waals surface area (Å²) in [6.45, 7) is 0.722. The third-order valence-electron chi connectivity index (χ3n) is 3.23. The fourth-order valence-electron chi connectivity index (χ4n) is 2.22. The van der Waals surface area contributed by atoms with E-state index in [0.717, 1.165) is 19.4 Å². The van der Waals surface area contributed by atoms with Crippen LogP contribution >= 0.6 is 11.8 Å². The maximum absolute atomic E-state index is 11.2. The molecular formula is C14H19N3O2S. The van der Waals surface area contributed by atoms with Crippen molar-refractivity contribution in [2.24, 2.45) is 0 Å². The lowest BCUT2D eigenvalue weighted by atomic mass is 10.1. The third-order valence-corrected chi connectivity index (χ3v) is 3.93. The summed E-state index contributed by atoms with van der Waals surface area (Å²) in [6, 6.07) is 5.10. The number of nitrogens with zero attached hydrogens (tertiary/aromatic N) is 3. The third kappa shape index (κ3) is 3.50. The molecular weight excluding hydrogens is 274 g/mol. The van der Waals surface area contributed by atoms with Gasteiger partial charge >= 0.3 is 5.97 Å². The summed E-state index contributed by atoms with van der Waals surface area (Å²) >= 11 is 1.87. The Morgan fingerprint density at radius 2 is 2.10 bits per heavy atom. The van der Waals surface area contributed by atoms with Crippen LogP contribution in [0, 0.1) is 0 Å². The average Bonchev–Trinajstić information content (AvgIpc) is 2.86. The van der Waals surface area contributed by atoms with Crippen molar-refractivity contribution in [1.82, 2.24) is 15.0 Å². The van der Waals surface area contributed by atoms with Gasteiger partial charge in [-0.15, -0.1) is 5.10 Å². The zero-order valence-corrected chi connectivity index (χ0v) is 12.4. The minimum Gasteiger partial charge on any atom is -0.478 e. The van der Waals surface area contributed by atoms with Gasteiger partial charge in [-0.05, 0) is 37.0 Å². The number of fused-ring (bicyclic) bond motifs is 1. The minimum atomic E-state index is -0.931. The molecule has 1 aromatic heterocycles. The van der Waals surface area contributed by atoms with Crippen molar-refractivity contribution >= 4 is 28.8 Å². The summed E-state index contributed by atoms with van der Waals surface area (Å²) in [4.78, 5) is 11.2. The van der Waals surface area contributed by atoms with Crippen molar-refractivity contribution in [2.45, 2.75) is 32.2 Å². The van der Waals surface area contributed by atoms with Crippen LogP contribution in [0.25, 0.3) is 11.0 Å². The van der Waals surface area contributed by atoms with E-state index in [4.69, 9.17) is 0 Å². The van der Waals surface area contributed by atoms with Gasteiger partial charge in [-0.25, -0.2) is 9.48 Å². The number of hydrogen-bond donors (Lipinski definition) is 1. The van der Waals surface area contributed by atoms with Gasteiger partial charge in [0.1, 0.15) is 11.0 Å². The van der Waals surface area contributed by atoms with Crippen LogP contribution in [0.3, 0.4) is 0 Å². The molecule has 108 valence electrons. The quantitative estimate of drug-likeness (QED) is 0.758. The molecule has 0 amide bonds. The Hall–Kier alpha value is -1.56. The first-order valence-electron chi connectivity index (χ1n) is 6.78. The summed E-state index contributed by atoms with van der Waals surface area (Å²) in [6.07, 6.45) is 6.70. The Kier molecular flexibility index (Phi) is 5.40. The largest absolute Gasteiger partial charge is 0.478 e. The Labute approximate surface area is 122 Å². The highest BCUT2D eigenvalue weighted by molar-refractivity contribution is 7.98. The van der Waals surface area contributed by atoms with Crippen LogP contribution in [-0.4, -0.2) is 38.1 Å². The number of para-hydroxylation sites is 1. The molecule has 0 saturated carbocycles. The Morgan fingerprint density at radius 1 is 1.30 bits per heavy atom. The van der Waals surface area contributed by atoms with Crippen LogP contribution in [-0.2, 0) is 6.54 Å². The number of aromatic carboxylic acids is 1. The summed E-state index contributed by atoms with van der Waals surface area (Å²) in [5.74, 6) is 0.272. The first-order chi connectivity index (χ1) is 9.74. The lowest BCUT2D eigenvalue weighted by molar-refractivity contribution is 0.0698. The molecule has 0 spiro atoms. The van der Waals surface area contributed by atoms with Crippen molar-refractivity contribution in [3.8, 4) is 0 Å². The summed E-state index contributed by atoms with van der Waals surface area (Å²) in [5, 5.41) is 17.3. The SMILES string of the molecule is CSCCCCCCn1nnc2cccc(C(=O)O)c21. The standard InChI is InChI=1S/C14H19N3O2S/c1-20-10-5-3-2-4-9-17-13-11(14(18)19)7-6-8-12(13)15-16-17/h6-8H,2-5,9-10H2,1H3,(H,18,19). The smallest absolute Gasteiger partial charge is 0.337 e. The van der Waals surface area contributed by atoms with E-state index in [1.54, 1.807) is 22.9 Å². The van der Waals surface area contributed by atoms with Crippen molar-refractivity contribution in [2.75, 3.05) is 12.0 Å². The molecule has 2 rings (SSSR count). The number of carboxylic acids is 1. The topological polar surface area (TPSA) is 68.0 Å². The second kappa shape index (κ2) is 7.28. The molecule has 0 atom stereocenters. The number of rotatable bonds is 8. The van der Waals surface area contributed by atoms with E-state index in [1.165, 1.54) is 18.6 Å². The lowest BCUT2D eigenvalue weighted by Crippen LogP contribution is -2.05. The molecule has 0 aliphatic carbocycles. The highest BCUT2D eigenvalue weighted by Crippen LogP contribution is 2.17. The first-order valence-corrected chi connectivity index (χ1v) is 8.18. The van der Waals surface area contributed by atoms with Gasteiger partial charge in [-0.2, -0.15) is 11.8 Å². The lowest BCUT2D eigenvalue weighted by Gasteiger charge is -2.04. The number of carbonyl (C=O) groups is 1. The second-order valence-electron chi connectivity index (χ2n) is 4.70. The molecule has 20 heavy (non-hydrogen) atoms. The average molecular weight is 293 g/mol. The molecule has 0 radical (unpaired) electrons. The molecule has 1 heterocycles. The van der Waals surface area contributed by atoms with E-state index in [-0.39, 0.29) is 5.56 Å². The number of aromatic nitrogens is 3. The van der Waals surface area contributed by atoms with Crippen LogP contribution in [0.5, 0.6) is 0 Å². The van der Waals surface area contributed by atoms with Crippen LogP contribution in [0.15, 0.2) is 18.2 Å². The van der Waals surface area contributed by atoms with Gasteiger partial charge in [0, 0.05) is 6.54 Å². The molecule has 5 nitrogen and oxygen atoms in total. The molecule has 0 bridgehead atoms. The molecule has 0 aliphatic heterocycles. The maximum atomic E-state index is 11.2. The van der Waals surface area contributed by atoms with Crippen molar-refractivity contribution < 1.29 is 9.90 Å². The van der Waals surface area contributed by atoms with E-state index in [2.05, 4.69) is 16.6 Å². The normalized spacial score (nSPS) is 11.1. The highest BCUT2D eigenvalue weighted by Gasteiger charge is 2.13. The predicted octanol–water partition coefficient (Wildman–Crippen LogP) is 3.05. The van der Waals surface area contributed by atoms with Crippen LogP contribution < -0.4 is 0 Å². The van der Waals surface area contributed by atoms with Crippen molar-refractivity contribution in [3.63, 3.8) is 0 Å². The predicted molar refractivity (Wildman–Crippen MR) is 81.3 cm³/mol. The number of benzene rings is 1. The number of carboxylic acid groups (broad SMARTS) is 1. The van der Waals surface area contributed by atoms with Gasteiger partial charge in [0.2, 0.25) is 0 Å². The molecule has 0 saturated heterocycles. The van der Waals surface area contributed by atoms with Gasteiger partial charge in [-0.1, -0.05) is 24.1 Å². The number of thioether (sulfide) groups is 1. The van der Waals surface area contributed by atoms with Gasteiger partial charge in [-0.3, -0.25) is 0 Å². The van der Waals surface area contributed by atoms with E-state index < -0.39 is 5.97 Å².